The van der Waals surface area contributed by atoms with Gasteiger partial charge in [0.15, 0.2) is 5.82 Å². The third kappa shape index (κ3) is 7.28. The van der Waals surface area contributed by atoms with Crippen LogP contribution in [0.1, 0.15) is 29.6 Å². The van der Waals surface area contributed by atoms with E-state index >= 15 is 0 Å². The van der Waals surface area contributed by atoms with Crippen molar-refractivity contribution in [3.8, 4) is 17.0 Å². The minimum Gasteiger partial charge on any atom is -0.497 e. The highest BCUT2D eigenvalue weighted by molar-refractivity contribution is 6.36. The summed E-state index contributed by atoms with van der Waals surface area (Å²) in [6.45, 7) is 3.41. The normalized spacial score (nSPS) is 17.3. The molecule has 2 aliphatic heterocycles. The van der Waals surface area contributed by atoms with E-state index in [1.807, 2.05) is 41.3 Å². The van der Waals surface area contributed by atoms with E-state index in [4.69, 9.17) is 32.7 Å². The zero-order valence-corrected chi connectivity index (χ0v) is 24.5. The Bertz CT molecular complexity index is 1370. The molecule has 0 N–H and O–H groups in total. The van der Waals surface area contributed by atoms with E-state index in [1.54, 1.807) is 24.1 Å². The molecular formula is C30H33Cl2N5O4. The number of hydrogen-bond acceptors (Lipinski definition) is 7. The molecule has 2 saturated heterocycles. The first-order valence-corrected chi connectivity index (χ1v) is 14.5. The third-order valence-electron chi connectivity index (χ3n) is 7.41. The van der Waals surface area contributed by atoms with Crippen LogP contribution >= 0.6 is 23.2 Å². The van der Waals surface area contributed by atoms with Crippen LogP contribution < -0.4 is 9.64 Å². The van der Waals surface area contributed by atoms with Crippen LogP contribution in [0.25, 0.3) is 11.3 Å². The second-order valence-corrected chi connectivity index (χ2v) is 11.0. The molecule has 1 aromatic heterocycles. The SMILES string of the molecule is COc1cccc(-c2ccc(N3CCCN(C(=O)CN(CC4CCCO4)C(=O)c4ccc(Cl)cc4Cl)CC3)nn2)c1. The molecule has 2 aliphatic rings. The summed E-state index contributed by atoms with van der Waals surface area (Å²) in [6, 6.07) is 16.4. The molecule has 0 aliphatic carbocycles. The number of nitrogens with zero attached hydrogens (tertiary/aromatic N) is 5. The molecular weight excluding hydrogens is 565 g/mol. The number of ether oxygens (including phenoxy) is 2. The van der Waals surface area contributed by atoms with Gasteiger partial charge in [0, 0.05) is 49.9 Å². The summed E-state index contributed by atoms with van der Waals surface area (Å²) in [5, 5.41) is 9.60. The van der Waals surface area contributed by atoms with Crippen LogP contribution in [0.2, 0.25) is 10.0 Å². The largest absolute Gasteiger partial charge is 0.497 e. The number of halogens is 2. The van der Waals surface area contributed by atoms with E-state index in [0.717, 1.165) is 48.6 Å². The molecule has 0 radical (unpaired) electrons. The van der Waals surface area contributed by atoms with Gasteiger partial charge in [0.05, 0.1) is 29.5 Å². The standard InChI is InChI=1S/C30H33Cl2N5O4/c1-40-23-6-2-5-21(17-23)27-10-11-28(34-33-27)35-12-4-13-36(15-14-35)29(38)20-37(19-24-7-3-16-41-24)30(39)25-9-8-22(31)18-26(25)32/h2,5-6,8-11,17-18,24H,3-4,7,12-16,19-20H2,1H3. The minimum absolute atomic E-state index is 0.0489. The van der Waals surface area contributed by atoms with Gasteiger partial charge < -0.3 is 24.2 Å². The van der Waals surface area contributed by atoms with Gasteiger partial charge in [-0.25, -0.2) is 0 Å². The quantitative estimate of drug-likeness (QED) is 0.368. The zero-order chi connectivity index (χ0) is 28.8. The van der Waals surface area contributed by atoms with E-state index in [2.05, 4.69) is 15.1 Å². The van der Waals surface area contributed by atoms with E-state index in [-0.39, 0.29) is 29.5 Å². The van der Waals surface area contributed by atoms with Gasteiger partial charge in [0.1, 0.15) is 12.3 Å². The third-order valence-corrected chi connectivity index (χ3v) is 7.96. The topological polar surface area (TPSA) is 88.1 Å². The number of carbonyl (C=O) groups excluding carboxylic acids is 2. The fourth-order valence-corrected chi connectivity index (χ4v) is 5.67. The Morgan fingerprint density at radius 1 is 1.02 bits per heavy atom. The Morgan fingerprint density at radius 3 is 2.63 bits per heavy atom. The second kappa shape index (κ2) is 13.5. The first kappa shape index (κ1) is 29.1. The summed E-state index contributed by atoms with van der Waals surface area (Å²) in [6.07, 6.45) is 2.46. The second-order valence-electron chi connectivity index (χ2n) is 10.2. The molecule has 41 heavy (non-hydrogen) atoms. The van der Waals surface area contributed by atoms with E-state index in [0.29, 0.717) is 43.4 Å². The molecule has 2 fully saturated rings. The van der Waals surface area contributed by atoms with Crippen molar-refractivity contribution in [3.63, 3.8) is 0 Å². The van der Waals surface area contributed by atoms with Crippen molar-refractivity contribution in [2.24, 2.45) is 0 Å². The van der Waals surface area contributed by atoms with Crippen LogP contribution in [-0.2, 0) is 9.53 Å². The number of aromatic nitrogens is 2. The molecule has 11 heteroatoms. The number of amides is 2. The first-order chi connectivity index (χ1) is 19.9. The summed E-state index contributed by atoms with van der Waals surface area (Å²) in [5.41, 5.74) is 2.01. The van der Waals surface area contributed by atoms with Crippen LogP contribution in [0.15, 0.2) is 54.6 Å². The summed E-state index contributed by atoms with van der Waals surface area (Å²) in [7, 11) is 1.63. The number of methoxy groups -OCH3 is 1. The lowest BCUT2D eigenvalue weighted by atomic mass is 10.1. The van der Waals surface area contributed by atoms with Crippen molar-refractivity contribution in [2.75, 3.05) is 57.9 Å². The smallest absolute Gasteiger partial charge is 0.255 e. The maximum atomic E-state index is 13.5. The van der Waals surface area contributed by atoms with Gasteiger partial charge in [-0.2, -0.15) is 0 Å². The van der Waals surface area contributed by atoms with Crippen LogP contribution in [0.4, 0.5) is 5.82 Å². The van der Waals surface area contributed by atoms with Crippen LogP contribution in [0.3, 0.4) is 0 Å². The minimum atomic E-state index is -0.307. The monoisotopic (exact) mass is 597 g/mol. The van der Waals surface area contributed by atoms with Crippen LogP contribution in [-0.4, -0.2) is 90.9 Å². The Morgan fingerprint density at radius 2 is 1.90 bits per heavy atom. The Balaban J connectivity index is 1.23. The number of benzene rings is 2. The predicted molar refractivity (Wildman–Crippen MR) is 159 cm³/mol. The lowest BCUT2D eigenvalue weighted by Crippen LogP contribution is -2.46. The lowest BCUT2D eigenvalue weighted by molar-refractivity contribution is -0.132. The molecule has 216 valence electrons. The molecule has 0 bridgehead atoms. The van der Waals surface area contributed by atoms with Gasteiger partial charge in [-0.3, -0.25) is 9.59 Å². The molecule has 1 atom stereocenters. The lowest BCUT2D eigenvalue weighted by Gasteiger charge is -2.29. The fraction of sp³-hybridized carbons (Fsp3) is 0.400. The molecule has 2 amide bonds. The number of hydrogen-bond donors (Lipinski definition) is 0. The van der Waals surface area contributed by atoms with Crippen LogP contribution in [0, 0.1) is 0 Å². The molecule has 0 spiro atoms. The Kier molecular flexibility index (Phi) is 9.59. The maximum Gasteiger partial charge on any atom is 0.255 e. The number of anilines is 1. The highest BCUT2D eigenvalue weighted by Gasteiger charge is 2.29. The van der Waals surface area contributed by atoms with Crippen molar-refractivity contribution < 1.29 is 19.1 Å². The van der Waals surface area contributed by atoms with Crippen LogP contribution in [0.5, 0.6) is 5.75 Å². The van der Waals surface area contributed by atoms with Crippen molar-refractivity contribution in [3.05, 3.63) is 70.2 Å². The van der Waals surface area contributed by atoms with Gasteiger partial charge in [-0.15, -0.1) is 10.2 Å². The molecule has 5 rings (SSSR count). The summed E-state index contributed by atoms with van der Waals surface area (Å²) >= 11 is 12.4. The summed E-state index contributed by atoms with van der Waals surface area (Å²) in [4.78, 5) is 32.5. The number of carbonyl (C=O) groups is 2. The highest BCUT2D eigenvalue weighted by Crippen LogP contribution is 2.25. The Hall–Kier alpha value is -3.40. The zero-order valence-electron chi connectivity index (χ0n) is 23.0. The van der Waals surface area contributed by atoms with Gasteiger partial charge in [-0.05, 0) is 61.7 Å². The van der Waals surface area contributed by atoms with Gasteiger partial charge in [0.25, 0.3) is 5.91 Å². The molecule has 3 heterocycles. The summed E-state index contributed by atoms with van der Waals surface area (Å²) < 4.78 is 11.1. The van der Waals surface area contributed by atoms with Gasteiger partial charge >= 0.3 is 0 Å². The van der Waals surface area contributed by atoms with Gasteiger partial charge in [-0.1, -0.05) is 35.3 Å². The first-order valence-electron chi connectivity index (χ1n) is 13.8. The maximum absolute atomic E-state index is 13.5. The van der Waals surface area contributed by atoms with Crippen molar-refractivity contribution in [1.29, 1.82) is 0 Å². The number of rotatable bonds is 8. The summed E-state index contributed by atoms with van der Waals surface area (Å²) in [5.74, 6) is 1.11. The van der Waals surface area contributed by atoms with E-state index < -0.39 is 0 Å². The molecule has 1 unspecified atom stereocenters. The van der Waals surface area contributed by atoms with E-state index in [1.165, 1.54) is 6.07 Å². The Labute approximate surface area is 249 Å². The average molecular weight is 599 g/mol. The van der Waals surface area contributed by atoms with E-state index in [9.17, 15) is 9.59 Å². The fourth-order valence-electron chi connectivity index (χ4n) is 5.18. The van der Waals surface area contributed by atoms with Crippen molar-refractivity contribution in [2.45, 2.75) is 25.4 Å². The molecule has 2 aromatic carbocycles. The average Bonchev–Trinajstić information content (AvgIpc) is 3.38. The molecule has 3 aromatic rings. The van der Waals surface area contributed by atoms with Crippen molar-refractivity contribution >= 4 is 40.8 Å². The predicted octanol–water partition coefficient (Wildman–Crippen LogP) is 4.82. The molecule has 9 nitrogen and oxygen atoms in total. The molecule has 0 saturated carbocycles. The van der Waals surface area contributed by atoms with Crippen molar-refractivity contribution in [1.82, 2.24) is 20.0 Å². The highest BCUT2D eigenvalue weighted by atomic mass is 35.5. The van der Waals surface area contributed by atoms with Gasteiger partial charge in [0.2, 0.25) is 5.91 Å².